The first-order chi connectivity index (χ1) is 12.7. The molecule has 3 rings (SSSR count). The number of amides is 2. The minimum absolute atomic E-state index is 0.00412. The summed E-state index contributed by atoms with van der Waals surface area (Å²) in [6.45, 7) is 3.92. The highest BCUT2D eigenvalue weighted by molar-refractivity contribution is 5.99. The summed E-state index contributed by atoms with van der Waals surface area (Å²) < 4.78 is 5.42. The van der Waals surface area contributed by atoms with Crippen LogP contribution >= 0.6 is 0 Å². The fourth-order valence-electron chi connectivity index (χ4n) is 2.88. The van der Waals surface area contributed by atoms with E-state index in [2.05, 4.69) is 10.6 Å². The maximum absolute atomic E-state index is 12.4. The molecule has 2 amide bonds. The second-order valence-electron chi connectivity index (χ2n) is 6.04. The molecule has 0 aromatic heterocycles. The van der Waals surface area contributed by atoms with Crippen LogP contribution in [0.25, 0.3) is 0 Å². The van der Waals surface area contributed by atoms with Crippen LogP contribution in [0.1, 0.15) is 18.9 Å². The molecule has 1 heterocycles. The van der Waals surface area contributed by atoms with Gasteiger partial charge in [0.25, 0.3) is 5.91 Å². The van der Waals surface area contributed by atoms with E-state index in [9.17, 15) is 9.59 Å². The van der Waals surface area contributed by atoms with E-state index in [1.54, 1.807) is 4.90 Å². The summed E-state index contributed by atoms with van der Waals surface area (Å²) in [5.74, 6) is 0.415. The Hall–Kier alpha value is -2.86. The zero-order valence-electron chi connectivity index (χ0n) is 14.8. The van der Waals surface area contributed by atoms with Crippen molar-refractivity contribution in [1.82, 2.24) is 5.32 Å². The second-order valence-corrected chi connectivity index (χ2v) is 6.04. The largest absolute Gasteiger partial charge is 0.482 e. The number of para-hydroxylation sites is 3. The van der Waals surface area contributed by atoms with Crippen molar-refractivity contribution in [3.05, 3.63) is 54.1 Å². The van der Waals surface area contributed by atoms with Crippen LogP contribution < -0.4 is 20.3 Å². The summed E-state index contributed by atoms with van der Waals surface area (Å²) >= 11 is 0. The molecule has 2 N–H and O–H groups in total. The number of ether oxygens (including phenoxy) is 1. The fourth-order valence-corrected chi connectivity index (χ4v) is 2.88. The maximum Gasteiger partial charge on any atom is 0.265 e. The second kappa shape index (κ2) is 8.49. The molecule has 6 nitrogen and oxygen atoms in total. The van der Waals surface area contributed by atoms with Gasteiger partial charge in [0, 0.05) is 25.2 Å². The molecule has 0 saturated carbocycles. The Labute approximate surface area is 153 Å². The van der Waals surface area contributed by atoms with Gasteiger partial charge in [0.2, 0.25) is 5.91 Å². The molecule has 1 aliphatic heterocycles. The van der Waals surface area contributed by atoms with Gasteiger partial charge in [-0.25, -0.2) is 0 Å². The third-order valence-electron chi connectivity index (χ3n) is 4.23. The first kappa shape index (κ1) is 17.9. The van der Waals surface area contributed by atoms with Crippen LogP contribution in [0.3, 0.4) is 0 Å². The van der Waals surface area contributed by atoms with Crippen molar-refractivity contribution in [3.8, 4) is 5.75 Å². The lowest BCUT2D eigenvalue weighted by molar-refractivity contribution is -0.121. The molecule has 0 fully saturated rings. The Morgan fingerprint density at radius 1 is 1.15 bits per heavy atom. The highest BCUT2D eigenvalue weighted by atomic mass is 16.5. The molecular weight excluding hydrogens is 330 g/mol. The van der Waals surface area contributed by atoms with Gasteiger partial charge in [0.15, 0.2) is 6.61 Å². The SMILES string of the molecule is CCNCc1ccccc1NC(=O)CCN1C(=O)COc2ccccc21. The first-order valence-corrected chi connectivity index (χ1v) is 8.79. The van der Waals surface area contributed by atoms with Crippen molar-refractivity contribution < 1.29 is 14.3 Å². The molecule has 26 heavy (non-hydrogen) atoms. The number of hydrogen-bond donors (Lipinski definition) is 2. The fraction of sp³-hybridized carbons (Fsp3) is 0.300. The number of carbonyl (C=O) groups is 2. The predicted molar refractivity (Wildman–Crippen MR) is 101 cm³/mol. The van der Waals surface area contributed by atoms with Crippen molar-refractivity contribution in [2.24, 2.45) is 0 Å². The summed E-state index contributed by atoms with van der Waals surface area (Å²) in [5, 5.41) is 6.21. The standard InChI is InChI=1S/C20H23N3O3/c1-2-21-13-15-7-3-4-8-16(15)22-19(24)11-12-23-17-9-5-6-10-18(17)26-14-20(23)25/h3-10,21H,2,11-14H2,1H3,(H,22,24). The van der Waals surface area contributed by atoms with E-state index >= 15 is 0 Å². The molecule has 0 unspecified atom stereocenters. The Balaban J connectivity index is 1.62. The van der Waals surface area contributed by atoms with Gasteiger partial charge in [0.05, 0.1) is 5.69 Å². The van der Waals surface area contributed by atoms with Crippen LogP contribution in [0, 0.1) is 0 Å². The lowest BCUT2D eigenvalue weighted by atomic mass is 10.1. The van der Waals surface area contributed by atoms with Crippen LogP contribution in [0.15, 0.2) is 48.5 Å². The smallest absolute Gasteiger partial charge is 0.265 e. The molecule has 0 spiro atoms. The van der Waals surface area contributed by atoms with E-state index in [0.29, 0.717) is 24.5 Å². The molecule has 2 aromatic carbocycles. The molecule has 6 heteroatoms. The third-order valence-corrected chi connectivity index (χ3v) is 4.23. The van der Waals surface area contributed by atoms with Gasteiger partial charge in [0.1, 0.15) is 5.75 Å². The van der Waals surface area contributed by atoms with E-state index < -0.39 is 0 Å². The first-order valence-electron chi connectivity index (χ1n) is 8.79. The number of anilines is 2. The van der Waals surface area contributed by atoms with Gasteiger partial charge in [-0.3, -0.25) is 9.59 Å². The van der Waals surface area contributed by atoms with Crippen LogP contribution in [0.5, 0.6) is 5.75 Å². The summed E-state index contributed by atoms with van der Waals surface area (Å²) in [6.07, 6.45) is 0.218. The number of nitrogens with zero attached hydrogens (tertiary/aromatic N) is 1. The van der Waals surface area contributed by atoms with Crippen molar-refractivity contribution in [1.29, 1.82) is 0 Å². The van der Waals surface area contributed by atoms with Gasteiger partial charge in [-0.2, -0.15) is 0 Å². The van der Waals surface area contributed by atoms with E-state index in [1.807, 2.05) is 55.5 Å². The molecule has 2 aromatic rings. The third kappa shape index (κ3) is 4.21. The van der Waals surface area contributed by atoms with E-state index in [4.69, 9.17) is 4.74 Å². The number of carbonyl (C=O) groups excluding carboxylic acids is 2. The summed E-state index contributed by atoms with van der Waals surface area (Å²) in [4.78, 5) is 26.2. The van der Waals surface area contributed by atoms with Crippen LogP contribution in [-0.2, 0) is 16.1 Å². The molecule has 0 saturated heterocycles. The Morgan fingerprint density at radius 2 is 1.92 bits per heavy atom. The Morgan fingerprint density at radius 3 is 2.77 bits per heavy atom. The molecule has 0 aliphatic carbocycles. The zero-order valence-corrected chi connectivity index (χ0v) is 14.8. The monoisotopic (exact) mass is 353 g/mol. The van der Waals surface area contributed by atoms with Crippen LogP contribution in [0.4, 0.5) is 11.4 Å². The Bertz CT molecular complexity index is 791. The van der Waals surface area contributed by atoms with Crippen LogP contribution in [-0.4, -0.2) is 31.5 Å². The minimum atomic E-state index is -0.135. The van der Waals surface area contributed by atoms with Crippen molar-refractivity contribution in [2.75, 3.05) is 29.9 Å². The van der Waals surface area contributed by atoms with Gasteiger partial charge >= 0.3 is 0 Å². The topological polar surface area (TPSA) is 70.7 Å². The van der Waals surface area contributed by atoms with E-state index in [0.717, 1.165) is 17.8 Å². The normalized spacial score (nSPS) is 13.1. The molecule has 0 radical (unpaired) electrons. The summed E-state index contributed by atoms with van der Waals surface area (Å²) in [7, 11) is 0. The number of benzene rings is 2. The van der Waals surface area contributed by atoms with Crippen LogP contribution in [0.2, 0.25) is 0 Å². The highest BCUT2D eigenvalue weighted by Crippen LogP contribution is 2.31. The lowest BCUT2D eigenvalue weighted by Crippen LogP contribution is -2.40. The average Bonchev–Trinajstić information content (AvgIpc) is 2.66. The van der Waals surface area contributed by atoms with Crippen molar-refractivity contribution in [2.45, 2.75) is 19.9 Å². The average molecular weight is 353 g/mol. The van der Waals surface area contributed by atoms with E-state index in [1.165, 1.54) is 0 Å². The zero-order chi connectivity index (χ0) is 18.4. The summed E-state index contributed by atoms with van der Waals surface area (Å²) in [5.41, 5.74) is 2.55. The number of hydrogen-bond acceptors (Lipinski definition) is 4. The molecule has 0 atom stereocenters. The number of nitrogens with one attached hydrogen (secondary N) is 2. The molecule has 0 bridgehead atoms. The van der Waals surface area contributed by atoms with Gasteiger partial charge in [-0.15, -0.1) is 0 Å². The van der Waals surface area contributed by atoms with Crippen molar-refractivity contribution >= 4 is 23.2 Å². The quantitative estimate of drug-likeness (QED) is 0.803. The van der Waals surface area contributed by atoms with E-state index in [-0.39, 0.29) is 24.8 Å². The van der Waals surface area contributed by atoms with Gasteiger partial charge in [-0.05, 0) is 30.3 Å². The minimum Gasteiger partial charge on any atom is -0.482 e. The maximum atomic E-state index is 12.4. The number of fused-ring (bicyclic) bond motifs is 1. The summed E-state index contributed by atoms with van der Waals surface area (Å²) in [6, 6.07) is 15.1. The van der Waals surface area contributed by atoms with Crippen molar-refractivity contribution in [3.63, 3.8) is 0 Å². The molecule has 136 valence electrons. The Kier molecular flexibility index (Phi) is 5.86. The molecular formula is C20H23N3O3. The lowest BCUT2D eigenvalue weighted by Gasteiger charge is -2.29. The predicted octanol–water partition coefficient (Wildman–Crippen LogP) is 2.55. The van der Waals surface area contributed by atoms with Gasteiger partial charge < -0.3 is 20.3 Å². The highest BCUT2D eigenvalue weighted by Gasteiger charge is 2.25. The molecule has 1 aliphatic rings. The van der Waals surface area contributed by atoms with Gasteiger partial charge in [-0.1, -0.05) is 37.3 Å². The number of rotatable bonds is 7.